The van der Waals surface area contributed by atoms with E-state index >= 15 is 0 Å². The van der Waals surface area contributed by atoms with Gasteiger partial charge in [-0.1, -0.05) is 0 Å². The third kappa shape index (κ3) is 3.79. The molecular weight excluding hydrogens is 294 g/mol. The molecule has 1 unspecified atom stereocenters. The first-order valence-corrected chi connectivity index (χ1v) is 9.26. The first-order valence-electron chi connectivity index (χ1n) is 6.96. The van der Waals surface area contributed by atoms with Gasteiger partial charge in [0.2, 0.25) is 10.0 Å². The van der Waals surface area contributed by atoms with Crippen molar-refractivity contribution in [1.29, 1.82) is 0 Å². The van der Waals surface area contributed by atoms with Crippen LogP contribution in [-0.2, 0) is 16.6 Å². The Kier molecular flexibility index (Phi) is 5.19. The van der Waals surface area contributed by atoms with E-state index in [1.54, 1.807) is 6.07 Å². The third-order valence-electron chi connectivity index (χ3n) is 3.54. The van der Waals surface area contributed by atoms with Crippen molar-refractivity contribution in [2.45, 2.75) is 43.5 Å². The number of aryl methyl sites for hydroxylation is 1. The van der Waals surface area contributed by atoms with E-state index < -0.39 is 10.0 Å². The van der Waals surface area contributed by atoms with Crippen LogP contribution in [0.5, 0.6) is 0 Å². The molecule has 0 bridgehead atoms. The molecule has 0 radical (unpaired) electrons. The highest BCUT2D eigenvalue weighted by Gasteiger charge is 2.22. The second-order valence-electron chi connectivity index (χ2n) is 5.41. The molecule has 1 aromatic rings. The zero-order chi connectivity index (χ0) is 14.8. The Morgan fingerprint density at radius 2 is 2.10 bits per heavy atom. The molecule has 1 aliphatic rings. The largest absolute Gasteiger partial charge is 0.326 e. The second kappa shape index (κ2) is 6.53. The van der Waals surface area contributed by atoms with Crippen molar-refractivity contribution in [1.82, 2.24) is 9.62 Å². The summed E-state index contributed by atoms with van der Waals surface area (Å²) in [4.78, 5) is 3.23. The van der Waals surface area contributed by atoms with Gasteiger partial charge in [-0.3, -0.25) is 0 Å². The average Bonchev–Trinajstić information content (AvgIpc) is 2.97. The van der Waals surface area contributed by atoms with Crippen molar-refractivity contribution in [3.63, 3.8) is 0 Å². The summed E-state index contributed by atoms with van der Waals surface area (Å²) in [7, 11) is -3.43. The number of likely N-dealkylation sites (tertiary alicyclic amines) is 1. The van der Waals surface area contributed by atoms with Gasteiger partial charge in [-0.25, -0.2) is 13.1 Å². The van der Waals surface area contributed by atoms with Gasteiger partial charge in [0.25, 0.3) is 0 Å². The Morgan fingerprint density at radius 1 is 1.45 bits per heavy atom. The molecule has 1 fully saturated rings. The molecule has 0 amide bonds. The number of thiophene rings is 1. The predicted molar refractivity (Wildman–Crippen MR) is 82.4 cm³/mol. The van der Waals surface area contributed by atoms with E-state index in [4.69, 9.17) is 5.73 Å². The van der Waals surface area contributed by atoms with E-state index in [0.717, 1.165) is 30.1 Å². The molecule has 20 heavy (non-hydrogen) atoms. The van der Waals surface area contributed by atoms with Crippen LogP contribution in [0.4, 0.5) is 0 Å². The van der Waals surface area contributed by atoms with Gasteiger partial charge in [0.15, 0.2) is 0 Å². The molecule has 1 atom stereocenters. The number of nitrogens with one attached hydrogen (secondary N) is 1. The third-order valence-corrected chi connectivity index (χ3v) is 6.86. The monoisotopic (exact) mass is 317 g/mol. The Labute approximate surface area is 125 Å². The topological polar surface area (TPSA) is 75.4 Å². The molecule has 0 spiro atoms. The highest BCUT2D eigenvalue weighted by atomic mass is 32.2. The first-order chi connectivity index (χ1) is 9.42. The predicted octanol–water partition coefficient (Wildman–Crippen LogP) is 1.28. The SMILES string of the molecule is Cc1cc(S(=O)(=O)NC(C)CN2CCCC2)sc1CN. The van der Waals surface area contributed by atoms with E-state index in [0.29, 0.717) is 10.8 Å². The van der Waals surface area contributed by atoms with E-state index in [2.05, 4.69) is 9.62 Å². The van der Waals surface area contributed by atoms with E-state index in [1.165, 1.54) is 24.2 Å². The van der Waals surface area contributed by atoms with Gasteiger partial charge >= 0.3 is 0 Å². The summed E-state index contributed by atoms with van der Waals surface area (Å²) in [5.41, 5.74) is 6.56. The molecule has 7 heteroatoms. The summed E-state index contributed by atoms with van der Waals surface area (Å²) in [5.74, 6) is 0. The summed E-state index contributed by atoms with van der Waals surface area (Å²) in [5, 5.41) is 0. The summed E-state index contributed by atoms with van der Waals surface area (Å²) in [6.07, 6.45) is 2.42. The van der Waals surface area contributed by atoms with Gasteiger partial charge in [-0.2, -0.15) is 0 Å². The number of nitrogens with two attached hydrogens (primary N) is 1. The summed E-state index contributed by atoms with van der Waals surface area (Å²) < 4.78 is 27.8. The van der Waals surface area contributed by atoms with Gasteiger partial charge < -0.3 is 10.6 Å². The van der Waals surface area contributed by atoms with E-state index in [9.17, 15) is 8.42 Å². The van der Waals surface area contributed by atoms with Crippen molar-refractivity contribution in [3.05, 3.63) is 16.5 Å². The maximum atomic E-state index is 12.3. The first kappa shape index (κ1) is 15.9. The van der Waals surface area contributed by atoms with E-state index in [-0.39, 0.29) is 6.04 Å². The van der Waals surface area contributed by atoms with Crippen LogP contribution < -0.4 is 10.5 Å². The fraction of sp³-hybridized carbons (Fsp3) is 0.692. The smallest absolute Gasteiger partial charge is 0.250 e. The van der Waals surface area contributed by atoms with Gasteiger partial charge in [0.1, 0.15) is 4.21 Å². The summed E-state index contributed by atoms with van der Waals surface area (Å²) in [6.45, 7) is 7.11. The maximum Gasteiger partial charge on any atom is 0.250 e. The molecule has 2 rings (SSSR count). The van der Waals surface area contributed by atoms with Crippen LogP contribution in [0.1, 0.15) is 30.2 Å². The molecule has 114 valence electrons. The normalized spacial score (nSPS) is 18.6. The van der Waals surface area contributed by atoms with Crippen LogP contribution in [-0.4, -0.2) is 39.0 Å². The summed E-state index contributed by atoms with van der Waals surface area (Å²) >= 11 is 1.26. The van der Waals surface area contributed by atoms with Crippen LogP contribution in [0.2, 0.25) is 0 Å². The minimum Gasteiger partial charge on any atom is -0.326 e. The highest BCUT2D eigenvalue weighted by Crippen LogP contribution is 2.25. The van der Waals surface area contributed by atoms with Crippen LogP contribution in [0.25, 0.3) is 0 Å². The minimum atomic E-state index is -3.43. The molecule has 0 aromatic carbocycles. The molecule has 0 aliphatic carbocycles. The molecule has 5 nitrogen and oxygen atoms in total. The lowest BCUT2D eigenvalue weighted by molar-refractivity contribution is 0.313. The van der Waals surface area contributed by atoms with Crippen molar-refractivity contribution in [3.8, 4) is 0 Å². The van der Waals surface area contributed by atoms with E-state index in [1.807, 2.05) is 13.8 Å². The zero-order valence-corrected chi connectivity index (χ0v) is 13.7. The molecule has 3 N–H and O–H groups in total. The maximum absolute atomic E-state index is 12.3. The van der Waals surface area contributed by atoms with Gasteiger partial charge in [0, 0.05) is 24.0 Å². The molecule has 1 aromatic heterocycles. The molecule has 0 saturated carbocycles. The lowest BCUT2D eigenvalue weighted by Gasteiger charge is -2.20. The van der Waals surface area contributed by atoms with Crippen molar-refractivity contribution in [2.75, 3.05) is 19.6 Å². The lowest BCUT2D eigenvalue weighted by atomic mass is 10.3. The Balaban J connectivity index is 2.01. The highest BCUT2D eigenvalue weighted by molar-refractivity contribution is 7.91. The van der Waals surface area contributed by atoms with Crippen molar-refractivity contribution >= 4 is 21.4 Å². The number of sulfonamides is 1. The van der Waals surface area contributed by atoms with Gasteiger partial charge in [-0.05, 0) is 51.4 Å². The second-order valence-corrected chi connectivity index (χ2v) is 8.48. The zero-order valence-electron chi connectivity index (χ0n) is 12.1. The van der Waals surface area contributed by atoms with Crippen LogP contribution in [0.3, 0.4) is 0 Å². The molecule has 1 saturated heterocycles. The number of hydrogen-bond donors (Lipinski definition) is 2. The van der Waals surface area contributed by atoms with Gasteiger partial charge in [0.05, 0.1) is 0 Å². The lowest BCUT2D eigenvalue weighted by Crippen LogP contribution is -2.40. The fourth-order valence-electron chi connectivity index (χ4n) is 2.54. The summed E-state index contributed by atoms with van der Waals surface area (Å²) in [6, 6.07) is 1.62. The Morgan fingerprint density at radius 3 is 2.65 bits per heavy atom. The molecular formula is C13H23N3O2S2. The van der Waals surface area contributed by atoms with Gasteiger partial charge in [-0.15, -0.1) is 11.3 Å². The average molecular weight is 317 g/mol. The van der Waals surface area contributed by atoms with Crippen LogP contribution in [0.15, 0.2) is 10.3 Å². The molecule has 1 aliphatic heterocycles. The van der Waals surface area contributed by atoms with Crippen molar-refractivity contribution < 1.29 is 8.42 Å². The number of rotatable bonds is 6. The number of hydrogen-bond acceptors (Lipinski definition) is 5. The fourth-order valence-corrected chi connectivity index (χ4v) is 5.26. The Bertz CT molecular complexity index is 548. The number of nitrogens with zero attached hydrogens (tertiary/aromatic N) is 1. The quantitative estimate of drug-likeness (QED) is 0.829. The standard InChI is InChI=1S/C13H23N3O2S2/c1-10-7-13(19-12(10)8-14)20(17,18)15-11(2)9-16-5-3-4-6-16/h7,11,15H,3-6,8-9,14H2,1-2H3. The van der Waals surface area contributed by atoms with Crippen LogP contribution in [0, 0.1) is 6.92 Å². The molecule has 2 heterocycles. The van der Waals surface area contributed by atoms with Crippen molar-refractivity contribution in [2.24, 2.45) is 5.73 Å². The van der Waals surface area contributed by atoms with Crippen LogP contribution >= 0.6 is 11.3 Å². The minimum absolute atomic E-state index is 0.0816. The Hall–Kier alpha value is -0.470.